The Balaban J connectivity index is 2.74. The highest BCUT2D eigenvalue weighted by Crippen LogP contribution is 2.10. The maximum atomic E-state index is 11.4. The molecule has 0 unspecified atom stereocenters. The number of benzene rings is 1. The quantitative estimate of drug-likeness (QED) is 0.756. The topological polar surface area (TPSA) is 57.6 Å². The van der Waals surface area contributed by atoms with Gasteiger partial charge >= 0.3 is 5.97 Å². The van der Waals surface area contributed by atoms with Crippen molar-refractivity contribution in [1.29, 1.82) is 0 Å². The molecule has 0 radical (unpaired) electrons. The van der Waals surface area contributed by atoms with Gasteiger partial charge in [-0.15, -0.1) is 0 Å². The summed E-state index contributed by atoms with van der Waals surface area (Å²) in [6.07, 6.45) is 1.84. The molecule has 0 aromatic heterocycles. The second-order valence-corrected chi connectivity index (χ2v) is 2.90. The Morgan fingerprint density at radius 1 is 1.20 bits per heavy atom. The van der Waals surface area contributed by atoms with Crippen LogP contribution in [0.4, 0.5) is 5.69 Å². The van der Waals surface area contributed by atoms with Crippen LogP contribution in [0.15, 0.2) is 42.5 Å². The summed E-state index contributed by atoms with van der Waals surface area (Å²) in [6, 6.07) is 8.99. The van der Waals surface area contributed by atoms with Gasteiger partial charge in [0.15, 0.2) is 0 Å². The van der Waals surface area contributed by atoms with E-state index in [4.69, 9.17) is 5.11 Å². The van der Waals surface area contributed by atoms with Crippen molar-refractivity contribution in [3.8, 4) is 0 Å². The van der Waals surface area contributed by atoms with E-state index in [0.29, 0.717) is 0 Å². The predicted octanol–water partition coefficient (Wildman–Crippen LogP) is 1.29. The summed E-state index contributed by atoms with van der Waals surface area (Å²) in [5.74, 6) is -1.51. The molecule has 4 heteroatoms. The molecule has 1 N–H and O–H groups in total. The fourth-order valence-electron chi connectivity index (χ4n) is 1.03. The molecule has 1 aromatic rings. The number of amides is 1. The van der Waals surface area contributed by atoms with Crippen LogP contribution < -0.4 is 4.90 Å². The first-order valence-corrected chi connectivity index (χ1v) is 4.35. The summed E-state index contributed by atoms with van der Waals surface area (Å²) < 4.78 is 0. The first kappa shape index (κ1) is 11.0. The van der Waals surface area contributed by atoms with Crippen LogP contribution >= 0.6 is 0 Å². The number of nitrogens with zero attached hydrogens (tertiary/aromatic N) is 1. The molecule has 4 nitrogen and oxygen atoms in total. The van der Waals surface area contributed by atoms with E-state index >= 15 is 0 Å². The number of carbonyl (C=O) groups is 2. The Morgan fingerprint density at radius 2 is 1.80 bits per heavy atom. The standard InChI is InChI=1S/C11H11NO3/c1-12(9-5-3-2-4-6-9)10(13)7-8-11(14)15/h2-8H,1H3,(H,14,15)/b8-7+. The molecular formula is C11H11NO3. The van der Waals surface area contributed by atoms with Gasteiger partial charge in [-0.2, -0.15) is 0 Å². The van der Waals surface area contributed by atoms with Gasteiger partial charge < -0.3 is 10.0 Å². The number of carboxylic acids is 1. The summed E-state index contributed by atoms with van der Waals surface area (Å²) in [5.41, 5.74) is 0.720. The van der Waals surface area contributed by atoms with Crippen LogP contribution in [0.2, 0.25) is 0 Å². The zero-order valence-electron chi connectivity index (χ0n) is 8.25. The Labute approximate surface area is 87.4 Å². The average molecular weight is 205 g/mol. The fraction of sp³-hybridized carbons (Fsp3) is 0.0909. The summed E-state index contributed by atoms with van der Waals surface area (Å²) in [6.45, 7) is 0. The molecule has 78 valence electrons. The van der Waals surface area contributed by atoms with Crippen molar-refractivity contribution in [3.63, 3.8) is 0 Å². The van der Waals surface area contributed by atoms with Crippen LogP contribution in [0, 0.1) is 0 Å². The highest BCUT2D eigenvalue weighted by molar-refractivity contribution is 6.03. The van der Waals surface area contributed by atoms with Crippen LogP contribution in [-0.4, -0.2) is 24.0 Å². The van der Waals surface area contributed by atoms with Crippen LogP contribution in [0.5, 0.6) is 0 Å². The van der Waals surface area contributed by atoms with Crippen molar-refractivity contribution < 1.29 is 14.7 Å². The predicted molar refractivity (Wildman–Crippen MR) is 56.6 cm³/mol. The molecule has 0 fully saturated rings. The molecule has 0 heterocycles. The molecule has 1 amide bonds. The van der Waals surface area contributed by atoms with Crippen molar-refractivity contribution >= 4 is 17.6 Å². The van der Waals surface area contributed by atoms with Crippen molar-refractivity contribution in [3.05, 3.63) is 42.5 Å². The van der Waals surface area contributed by atoms with Gasteiger partial charge in [0.05, 0.1) is 0 Å². The third-order valence-corrected chi connectivity index (χ3v) is 1.84. The minimum Gasteiger partial charge on any atom is -0.478 e. The third-order valence-electron chi connectivity index (χ3n) is 1.84. The van der Waals surface area contributed by atoms with Gasteiger partial charge in [0, 0.05) is 24.9 Å². The van der Waals surface area contributed by atoms with Crippen molar-refractivity contribution in [2.45, 2.75) is 0 Å². The van der Waals surface area contributed by atoms with Crippen LogP contribution in [0.1, 0.15) is 0 Å². The van der Waals surface area contributed by atoms with E-state index in [2.05, 4.69) is 0 Å². The van der Waals surface area contributed by atoms with Gasteiger partial charge in [-0.1, -0.05) is 18.2 Å². The molecule has 0 spiro atoms. The molecule has 0 aliphatic heterocycles. The molecule has 0 bridgehead atoms. The molecule has 0 atom stereocenters. The van der Waals surface area contributed by atoms with Crippen molar-refractivity contribution in [1.82, 2.24) is 0 Å². The first-order chi connectivity index (χ1) is 7.11. The molecule has 1 aromatic carbocycles. The Hall–Kier alpha value is -2.10. The largest absolute Gasteiger partial charge is 0.478 e. The van der Waals surface area contributed by atoms with Crippen LogP contribution in [0.3, 0.4) is 0 Å². The number of para-hydroxylation sites is 1. The lowest BCUT2D eigenvalue weighted by Gasteiger charge is -2.14. The smallest absolute Gasteiger partial charge is 0.328 e. The molecule has 0 saturated heterocycles. The minimum atomic E-state index is -1.13. The summed E-state index contributed by atoms with van der Waals surface area (Å²) in [4.78, 5) is 23.0. The minimum absolute atomic E-state index is 0.372. The number of anilines is 1. The van der Waals surface area contributed by atoms with Gasteiger partial charge in [-0.25, -0.2) is 4.79 Å². The maximum Gasteiger partial charge on any atom is 0.328 e. The van der Waals surface area contributed by atoms with Crippen molar-refractivity contribution in [2.75, 3.05) is 11.9 Å². The van der Waals surface area contributed by atoms with E-state index in [9.17, 15) is 9.59 Å². The molecule has 0 aliphatic rings. The summed E-state index contributed by atoms with van der Waals surface area (Å²) in [7, 11) is 1.59. The van der Waals surface area contributed by atoms with E-state index in [1.807, 2.05) is 6.07 Å². The van der Waals surface area contributed by atoms with Gasteiger partial charge in [0.1, 0.15) is 0 Å². The van der Waals surface area contributed by atoms with Gasteiger partial charge in [-0.05, 0) is 12.1 Å². The Bertz CT molecular complexity index is 384. The van der Waals surface area contributed by atoms with E-state index < -0.39 is 5.97 Å². The van der Waals surface area contributed by atoms with Gasteiger partial charge in [0.2, 0.25) is 0 Å². The number of carboxylic acid groups (broad SMARTS) is 1. The highest BCUT2D eigenvalue weighted by atomic mass is 16.4. The normalized spacial score (nSPS) is 10.2. The number of aliphatic carboxylic acids is 1. The van der Waals surface area contributed by atoms with E-state index in [1.54, 1.807) is 31.3 Å². The molecule has 0 aliphatic carbocycles. The molecule has 1 rings (SSSR count). The van der Waals surface area contributed by atoms with E-state index in [-0.39, 0.29) is 5.91 Å². The van der Waals surface area contributed by atoms with Crippen molar-refractivity contribution in [2.24, 2.45) is 0 Å². The lowest BCUT2D eigenvalue weighted by molar-refractivity contribution is -0.131. The van der Waals surface area contributed by atoms with Gasteiger partial charge in [0.25, 0.3) is 5.91 Å². The zero-order valence-corrected chi connectivity index (χ0v) is 8.25. The summed E-state index contributed by atoms with van der Waals surface area (Å²) in [5, 5.41) is 8.36. The fourth-order valence-corrected chi connectivity index (χ4v) is 1.03. The third kappa shape index (κ3) is 3.27. The first-order valence-electron chi connectivity index (χ1n) is 4.35. The average Bonchev–Trinajstić information content (AvgIpc) is 2.26. The lowest BCUT2D eigenvalue weighted by Crippen LogP contribution is -2.24. The Morgan fingerprint density at radius 3 is 2.33 bits per heavy atom. The second kappa shape index (κ2) is 4.95. The number of hydrogen-bond acceptors (Lipinski definition) is 2. The zero-order chi connectivity index (χ0) is 11.3. The van der Waals surface area contributed by atoms with Crippen LogP contribution in [0.25, 0.3) is 0 Å². The number of carbonyl (C=O) groups excluding carboxylic acids is 1. The number of hydrogen-bond donors (Lipinski definition) is 1. The summed E-state index contributed by atoms with van der Waals surface area (Å²) >= 11 is 0. The van der Waals surface area contributed by atoms with E-state index in [0.717, 1.165) is 17.8 Å². The van der Waals surface area contributed by atoms with E-state index in [1.165, 1.54) is 4.90 Å². The molecule has 15 heavy (non-hydrogen) atoms. The SMILES string of the molecule is CN(C(=O)/C=C/C(=O)O)c1ccccc1. The molecule has 0 saturated carbocycles. The number of rotatable bonds is 3. The lowest BCUT2D eigenvalue weighted by atomic mass is 10.3. The monoisotopic (exact) mass is 205 g/mol. The highest BCUT2D eigenvalue weighted by Gasteiger charge is 2.06. The maximum absolute atomic E-state index is 11.4. The van der Waals surface area contributed by atoms with Gasteiger partial charge in [-0.3, -0.25) is 4.79 Å². The molecular weight excluding hydrogens is 194 g/mol. The Kier molecular flexibility index (Phi) is 3.62. The number of likely N-dealkylation sites (N-methyl/N-ethyl adjacent to an activating group) is 1. The second-order valence-electron chi connectivity index (χ2n) is 2.90. The van der Waals surface area contributed by atoms with Crippen LogP contribution in [-0.2, 0) is 9.59 Å².